The highest BCUT2D eigenvalue weighted by atomic mass is 16.3. The van der Waals surface area contributed by atoms with Crippen molar-refractivity contribution in [2.75, 3.05) is 22.9 Å². The van der Waals surface area contributed by atoms with E-state index in [9.17, 15) is 4.79 Å². The number of rotatable bonds is 5. The van der Waals surface area contributed by atoms with Gasteiger partial charge in [-0.05, 0) is 55.2 Å². The standard InChI is InChI=1S/C24H26N2O2/c1-2-19-9-6-7-12-22(19)25-16-14-21(15-17-25)26(20-10-4-3-5-11-20)24(27)23-13-8-18-28-23/h3-13,18,21H,2,14-17H2,1H3. The monoisotopic (exact) mass is 374 g/mol. The zero-order chi connectivity index (χ0) is 19.3. The average molecular weight is 374 g/mol. The Morgan fingerprint density at radius 1 is 1.00 bits per heavy atom. The first-order chi connectivity index (χ1) is 13.8. The second kappa shape index (κ2) is 8.34. The fourth-order valence-corrected chi connectivity index (χ4v) is 4.08. The number of piperidine rings is 1. The van der Waals surface area contributed by atoms with E-state index >= 15 is 0 Å². The van der Waals surface area contributed by atoms with E-state index in [-0.39, 0.29) is 11.9 Å². The van der Waals surface area contributed by atoms with Crippen LogP contribution in [0.2, 0.25) is 0 Å². The Morgan fingerprint density at radius 3 is 2.39 bits per heavy atom. The third-order valence-electron chi connectivity index (χ3n) is 5.53. The van der Waals surface area contributed by atoms with E-state index < -0.39 is 0 Å². The van der Waals surface area contributed by atoms with Gasteiger partial charge in [-0.15, -0.1) is 0 Å². The number of hydrogen-bond donors (Lipinski definition) is 0. The molecule has 28 heavy (non-hydrogen) atoms. The Bertz CT molecular complexity index is 897. The van der Waals surface area contributed by atoms with Crippen LogP contribution in [0.15, 0.2) is 77.4 Å². The summed E-state index contributed by atoms with van der Waals surface area (Å²) < 4.78 is 5.41. The molecule has 2 aromatic carbocycles. The summed E-state index contributed by atoms with van der Waals surface area (Å²) in [5.41, 5.74) is 3.64. The summed E-state index contributed by atoms with van der Waals surface area (Å²) in [6.07, 6.45) is 4.45. The number of carbonyl (C=O) groups excluding carboxylic acids is 1. The third-order valence-corrected chi connectivity index (χ3v) is 5.53. The molecule has 0 unspecified atom stereocenters. The Balaban J connectivity index is 1.55. The number of anilines is 2. The van der Waals surface area contributed by atoms with Crippen LogP contribution in [-0.2, 0) is 6.42 Å². The molecule has 144 valence electrons. The number of aryl methyl sites for hydroxylation is 1. The molecule has 1 saturated heterocycles. The summed E-state index contributed by atoms with van der Waals surface area (Å²) >= 11 is 0. The van der Waals surface area contributed by atoms with Crippen molar-refractivity contribution in [2.24, 2.45) is 0 Å². The van der Waals surface area contributed by atoms with Crippen LogP contribution in [0.3, 0.4) is 0 Å². The lowest BCUT2D eigenvalue weighted by molar-refractivity contribution is 0.0945. The van der Waals surface area contributed by atoms with E-state index in [1.165, 1.54) is 11.3 Å². The molecular weight excluding hydrogens is 348 g/mol. The molecule has 2 heterocycles. The number of hydrogen-bond acceptors (Lipinski definition) is 3. The number of benzene rings is 2. The third kappa shape index (κ3) is 3.68. The Morgan fingerprint density at radius 2 is 1.71 bits per heavy atom. The minimum Gasteiger partial charge on any atom is -0.459 e. The van der Waals surface area contributed by atoms with Gasteiger partial charge in [-0.3, -0.25) is 4.79 Å². The molecule has 0 spiro atoms. The van der Waals surface area contributed by atoms with Crippen molar-refractivity contribution in [1.29, 1.82) is 0 Å². The van der Waals surface area contributed by atoms with Crippen LogP contribution in [0.25, 0.3) is 0 Å². The van der Waals surface area contributed by atoms with Crippen molar-refractivity contribution in [2.45, 2.75) is 32.2 Å². The minimum absolute atomic E-state index is 0.0661. The molecule has 0 saturated carbocycles. The Labute approximate surface area is 166 Å². The molecule has 3 aromatic rings. The SMILES string of the molecule is CCc1ccccc1N1CCC(N(C(=O)c2ccco2)c2ccccc2)CC1. The van der Waals surface area contributed by atoms with Gasteiger partial charge in [0.1, 0.15) is 0 Å². The highest BCUT2D eigenvalue weighted by Gasteiger charge is 2.31. The van der Waals surface area contributed by atoms with Crippen LogP contribution < -0.4 is 9.80 Å². The zero-order valence-electron chi connectivity index (χ0n) is 16.3. The molecule has 1 aliphatic heterocycles. The van der Waals surface area contributed by atoms with Gasteiger partial charge in [0.25, 0.3) is 5.91 Å². The van der Waals surface area contributed by atoms with E-state index in [2.05, 4.69) is 36.1 Å². The van der Waals surface area contributed by atoms with E-state index in [4.69, 9.17) is 4.42 Å². The van der Waals surface area contributed by atoms with Crippen molar-refractivity contribution in [3.05, 3.63) is 84.3 Å². The van der Waals surface area contributed by atoms with Gasteiger partial charge in [-0.25, -0.2) is 0 Å². The summed E-state index contributed by atoms with van der Waals surface area (Å²) in [5.74, 6) is 0.325. The summed E-state index contributed by atoms with van der Waals surface area (Å²) in [6.45, 7) is 4.08. The number of amides is 1. The normalized spacial score (nSPS) is 14.8. The molecular formula is C24H26N2O2. The first-order valence-corrected chi connectivity index (χ1v) is 10.0. The average Bonchev–Trinajstić information content (AvgIpc) is 3.30. The molecule has 4 rings (SSSR count). The predicted octanol–water partition coefficient (Wildman–Crippen LogP) is 5.16. The van der Waals surface area contributed by atoms with Gasteiger partial charge in [0, 0.05) is 30.5 Å². The van der Waals surface area contributed by atoms with E-state index in [0.717, 1.165) is 38.0 Å². The van der Waals surface area contributed by atoms with Crippen LogP contribution in [0.5, 0.6) is 0 Å². The first kappa shape index (κ1) is 18.4. The van der Waals surface area contributed by atoms with Gasteiger partial charge in [-0.2, -0.15) is 0 Å². The van der Waals surface area contributed by atoms with Crippen molar-refractivity contribution in [3.63, 3.8) is 0 Å². The fraction of sp³-hybridized carbons (Fsp3) is 0.292. The van der Waals surface area contributed by atoms with Crippen molar-refractivity contribution >= 4 is 17.3 Å². The zero-order valence-corrected chi connectivity index (χ0v) is 16.3. The fourth-order valence-electron chi connectivity index (χ4n) is 4.08. The van der Waals surface area contributed by atoms with Gasteiger partial charge < -0.3 is 14.2 Å². The van der Waals surface area contributed by atoms with E-state index in [1.807, 2.05) is 35.2 Å². The van der Waals surface area contributed by atoms with Crippen LogP contribution in [-0.4, -0.2) is 25.0 Å². The summed E-state index contributed by atoms with van der Waals surface area (Å²) in [4.78, 5) is 17.5. The summed E-state index contributed by atoms with van der Waals surface area (Å²) in [7, 11) is 0. The molecule has 1 aliphatic rings. The molecule has 0 radical (unpaired) electrons. The summed E-state index contributed by atoms with van der Waals surface area (Å²) in [6, 6.07) is 22.2. The molecule has 4 heteroatoms. The number of furan rings is 1. The first-order valence-electron chi connectivity index (χ1n) is 10.0. The van der Waals surface area contributed by atoms with Gasteiger partial charge in [0.2, 0.25) is 0 Å². The van der Waals surface area contributed by atoms with E-state index in [0.29, 0.717) is 5.76 Å². The molecule has 0 N–H and O–H groups in total. The van der Waals surface area contributed by atoms with Crippen LogP contribution in [0.4, 0.5) is 11.4 Å². The van der Waals surface area contributed by atoms with Gasteiger partial charge in [0.15, 0.2) is 5.76 Å². The number of nitrogens with zero attached hydrogens (tertiary/aromatic N) is 2. The minimum atomic E-state index is -0.0661. The van der Waals surface area contributed by atoms with Crippen LogP contribution >= 0.6 is 0 Å². The molecule has 1 amide bonds. The molecule has 0 aliphatic carbocycles. The molecule has 4 nitrogen and oxygen atoms in total. The topological polar surface area (TPSA) is 36.7 Å². The lowest BCUT2D eigenvalue weighted by atomic mass is 9.99. The second-order valence-corrected chi connectivity index (χ2v) is 7.19. The van der Waals surface area contributed by atoms with Crippen LogP contribution in [0.1, 0.15) is 35.9 Å². The highest BCUT2D eigenvalue weighted by Crippen LogP contribution is 2.29. The largest absolute Gasteiger partial charge is 0.459 e. The molecule has 0 bridgehead atoms. The quantitative estimate of drug-likeness (QED) is 0.619. The molecule has 0 atom stereocenters. The number of carbonyl (C=O) groups is 1. The summed E-state index contributed by atoms with van der Waals surface area (Å²) in [5, 5.41) is 0. The molecule has 1 fully saturated rings. The predicted molar refractivity (Wildman–Crippen MR) is 113 cm³/mol. The van der Waals surface area contributed by atoms with Crippen molar-refractivity contribution in [3.8, 4) is 0 Å². The lowest BCUT2D eigenvalue weighted by Crippen LogP contribution is -2.48. The van der Waals surface area contributed by atoms with E-state index in [1.54, 1.807) is 18.4 Å². The second-order valence-electron chi connectivity index (χ2n) is 7.19. The maximum absolute atomic E-state index is 13.2. The van der Waals surface area contributed by atoms with Gasteiger partial charge in [-0.1, -0.05) is 43.3 Å². The Hall–Kier alpha value is -3.01. The molecule has 1 aromatic heterocycles. The van der Waals surface area contributed by atoms with Crippen molar-refractivity contribution < 1.29 is 9.21 Å². The van der Waals surface area contributed by atoms with Crippen molar-refractivity contribution in [1.82, 2.24) is 0 Å². The maximum atomic E-state index is 13.2. The Kier molecular flexibility index (Phi) is 5.47. The van der Waals surface area contributed by atoms with Crippen LogP contribution in [0, 0.1) is 0 Å². The van der Waals surface area contributed by atoms with Gasteiger partial charge >= 0.3 is 0 Å². The maximum Gasteiger partial charge on any atom is 0.294 e. The highest BCUT2D eigenvalue weighted by molar-refractivity contribution is 6.04. The van der Waals surface area contributed by atoms with Gasteiger partial charge in [0.05, 0.1) is 6.26 Å². The lowest BCUT2D eigenvalue weighted by Gasteiger charge is -2.39. The smallest absolute Gasteiger partial charge is 0.294 e. The number of para-hydroxylation sites is 2.